The highest BCUT2D eigenvalue weighted by atomic mass is 16.3. The van der Waals surface area contributed by atoms with E-state index in [-0.39, 0.29) is 0 Å². The van der Waals surface area contributed by atoms with Crippen LogP contribution in [0.25, 0.3) is 0 Å². The fourth-order valence-electron chi connectivity index (χ4n) is 3.24. The van der Waals surface area contributed by atoms with Gasteiger partial charge in [-0.05, 0) is 44.1 Å². The lowest BCUT2D eigenvalue weighted by Crippen LogP contribution is -2.47. The lowest BCUT2D eigenvalue weighted by molar-refractivity contribution is -0.0159. The SMILES string of the molecule is CCC1CCC(O)(CNCC(C)(O)c2ccccc2)CC1. The van der Waals surface area contributed by atoms with E-state index in [1.54, 1.807) is 0 Å². The van der Waals surface area contributed by atoms with Crippen LogP contribution < -0.4 is 5.32 Å². The zero-order chi connectivity index (χ0) is 15.3. The van der Waals surface area contributed by atoms with Gasteiger partial charge in [-0.2, -0.15) is 0 Å². The van der Waals surface area contributed by atoms with Crippen LogP contribution in [0.4, 0.5) is 0 Å². The van der Waals surface area contributed by atoms with E-state index in [0.717, 1.165) is 37.2 Å². The standard InChI is InChI=1S/C18H29NO2/c1-3-15-9-11-18(21,12-10-15)14-19-13-17(2,20)16-7-5-4-6-8-16/h4-8,15,19-21H,3,9-14H2,1-2H3. The van der Waals surface area contributed by atoms with E-state index in [0.29, 0.717) is 13.1 Å². The van der Waals surface area contributed by atoms with Gasteiger partial charge in [-0.1, -0.05) is 43.7 Å². The number of benzene rings is 1. The summed E-state index contributed by atoms with van der Waals surface area (Å²) < 4.78 is 0. The lowest BCUT2D eigenvalue weighted by atomic mass is 9.78. The molecule has 118 valence electrons. The third kappa shape index (κ3) is 4.53. The van der Waals surface area contributed by atoms with Crippen molar-refractivity contribution in [2.24, 2.45) is 5.92 Å². The Balaban J connectivity index is 1.81. The fourth-order valence-corrected chi connectivity index (χ4v) is 3.24. The van der Waals surface area contributed by atoms with Crippen LogP contribution >= 0.6 is 0 Å². The van der Waals surface area contributed by atoms with Crippen molar-refractivity contribution in [1.82, 2.24) is 5.32 Å². The molecule has 1 aromatic rings. The first-order chi connectivity index (χ1) is 9.95. The molecule has 21 heavy (non-hydrogen) atoms. The van der Waals surface area contributed by atoms with Crippen molar-refractivity contribution in [3.05, 3.63) is 35.9 Å². The Morgan fingerprint density at radius 1 is 1.24 bits per heavy atom. The minimum Gasteiger partial charge on any atom is -0.389 e. The van der Waals surface area contributed by atoms with Gasteiger partial charge in [0.2, 0.25) is 0 Å². The summed E-state index contributed by atoms with van der Waals surface area (Å²) in [6, 6.07) is 9.68. The van der Waals surface area contributed by atoms with Crippen molar-refractivity contribution in [3.8, 4) is 0 Å². The van der Waals surface area contributed by atoms with Crippen LogP contribution in [0.15, 0.2) is 30.3 Å². The van der Waals surface area contributed by atoms with Crippen LogP contribution in [-0.4, -0.2) is 28.9 Å². The molecule has 0 radical (unpaired) electrons. The van der Waals surface area contributed by atoms with Gasteiger partial charge in [0.05, 0.1) is 11.2 Å². The summed E-state index contributed by atoms with van der Waals surface area (Å²) in [5.74, 6) is 0.776. The Kier molecular flexibility index (Phi) is 5.42. The Hall–Kier alpha value is -0.900. The number of aliphatic hydroxyl groups is 2. The lowest BCUT2D eigenvalue weighted by Gasteiger charge is -2.37. The predicted molar refractivity (Wildman–Crippen MR) is 86.1 cm³/mol. The second kappa shape index (κ2) is 6.91. The van der Waals surface area contributed by atoms with Crippen LogP contribution in [-0.2, 0) is 5.60 Å². The maximum Gasteiger partial charge on any atom is 0.0992 e. The normalized spacial score (nSPS) is 29.0. The minimum absolute atomic E-state index is 0.455. The average Bonchev–Trinajstić information content (AvgIpc) is 2.49. The first kappa shape index (κ1) is 16.5. The molecule has 0 heterocycles. The van der Waals surface area contributed by atoms with E-state index >= 15 is 0 Å². The third-order valence-corrected chi connectivity index (χ3v) is 4.93. The van der Waals surface area contributed by atoms with E-state index in [1.165, 1.54) is 6.42 Å². The summed E-state index contributed by atoms with van der Waals surface area (Å²) in [7, 11) is 0. The molecule has 3 nitrogen and oxygen atoms in total. The summed E-state index contributed by atoms with van der Waals surface area (Å²) in [6.07, 6.45) is 5.18. The van der Waals surface area contributed by atoms with E-state index in [4.69, 9.17) is 0 Å². The summed E-state index contributed by atoms with van der Waals surface area (Å²) in [6.45, 7) is 5.06. The van der Waals surface area contributed by atoms with Gasteiger partial charge in [0, 0.05) is 13.1 Å². The Bertz CT molecular complexity index is 422. The van der Waals surface area contributed by atoms with Crippen molar-refractivity contribution < 1.29 is 10.2 Å². The molecule has 1 fully saturated rings. The molecule has 1 aliphatic carbocycles. The summed E-state index contributed by atoms with van der Waals surface area (Å²) >= 11 is 0. The quantitative estimate of drug-likeness (QED) is 0.755. The van der Waals surface area contributed by atoms with Gasteiger partial charge in [0.1, 0.15) is 0 Å². The predicted octanol–water partition coefficient (Wildman–Crippen LogP) is 2.82. The molecule has 0 aliphatic heterocycles. The first-order valence-electron chi connectivity index (χ1n) is 8.16. The first-order valence-corrected chi connectivity index (χ1v) is 8.16. The molecule has 1 atom stereocenters. The molecule has 0 spiro atoms. The topological polar surface area (TPSA) is 52.5 Å². The second-order valence-corrected chi connectivity index (χ2v) is 6.82. The summed E-state index contributed by atoms with van der Waals surface area (Å²) in [5, 5.41) is 24.4. The van der Waals surface area contributed by atoms with Crippen LogP contribution in [0, 0.1) is 5.92 Å². The second-order valence-electron chi connectivity index (χ2n) is 6.82. The molecule has 3 heteroatoms. The number of hydrogen-bond donors (Lipinski definition) is 3. The van der Waals surface area contributed by atoms with Gasteiger partial charge in [-0.3, -0.25) is 0 Å². The van der Waals surface area contributed by atoms with Crippen molar-refractivity contribution >= 4 is 0 Å². The molecule has 0 saturated heterocycles. The molecule has 1 unspecified atom stereocenters. The molecule has 1 saturated carbocycles. The Morgan fingerprint density at radius 3 is 2.43 bits per heavy atom. The molecule has 3 N–H and O–H groups in total. The van der Waals surface area contributed by atoms with Crippen molar-refractivity contribution in [2.75, 3.05) is 13.1 Å². The molecular formula is C18H29NO2. The van der Waals surface area contributed by atoms with E-state index in [1.807, 2.05) is 37.3 Å². The van der Waals surface area contributed by atoms with Gasteiger partial charge < -0.3 is 15.5 Å². The third-order valence-electron chi connectivity index (χ3n) is 4.93. The van der Waals surface area contributed by atoms with E-state index in [9.17, 15) is 10.2 Å². The van der Waals surface area contributed by atoms with Crippen LogP contribution in [0.3, 0.4) is 0 Å². The maximum absolute atomic E-state index is 10.6. The zero-order valence-electron chi connectivity index (χ0n) is 13.3. The minimum atomic E-state index is -0.905. The van der Waals surface area contributed by atoms with Gasteiger partial charge in [0.25, 0.3) is 0 Å². The summed E-state index contributed by atoms with van der Waals surface area (Å²) in [5.41, 5.74) is -0.601. The molecular weight excluding hydrogens is 262 g/mol. The molecule has 0 bridgehead atoms. The van der Waals surface area contributed by atoms with Gasteiger partial charge in [0.15, 0.2) is 0 Å². The Labute approximate surface area is 128 Å². The zero-order valence-corrected chi connectivity index (χ0v) is 13.3. The van der Waals surface area contributed by atoms with Crippen LogP contribution in [0.1, 0.15) is 51.5 Å². The highest BCUT2D eigenvalue weighted by Crippen LogP contribution is 2.33. The Morgan fingerprint density at radius 2 is 1.86 bits per heavy atom. The van der Waals surface area contributed by atoms with E-state index < -0.39 is 11.2 Å². The molecule has 1 aromatic carbocycles. The number of hydrogen-bond acceptors (Lipinski definition) is 3. The number of rotatable bonds is 6. The van der Waals surface area contributed by atoms with E-state index in [2.05, 4.69) is 12.2 Å². The van der Waals surface area contributed by atoms with Crippen molar-refractivity contribution in [2.45, 2.75) is 57.2 Å². The van der Waals surface area contributed by atoms with Gasteiger partial charge in [-0.25, -0.2) is 0 Å². The average molecular weight is 291 g/mol. The molecule has 2 rings (SSSR count). The molecule has 0 aromatic heterocycles. The molecule has 1 aliphatic rings. The maximum atomic E-state index is 10.6. The molecule has 0 amide bonds. The van der Waals surface area contributed by atoms with Crippen molar-refractivity contribution in [3.63, 3.8) is 0 Å². The fraction of sp³-hybridized carbons (Fsp3) is 0.667. The van der Waals surface area contributed by atoms with Gasteiger partial charge >= 0.3 is 0 Å². The highest BCUT2D eigenvalue weighted by Gasteiger charge is 2.33. The van der Waals surface area contributed by atoms with Crippen LogP contribution in [0.5, 0.6) is 0 Å². The van der Waals surface area contributed by atoms with Crippen LogP contribution in [0.2, 0.25) is 0 Å². The monoisotopic (exact) mass is 291 g/mol. The highest BCUT2D eigenvalue weighted by molar-refractivity contribution is 5.21. The smallest absolute Gasteiger partial charge is 0.0992 e. The van der Waals surface area contributed by atoms with Crippen molar-refractivity contribution in [1.29, 1.82) is 0 Å². The number of nitrogens with one attached hydrogen (secondary N) is 1. The summed E-state index contributed by atoms with van der Waals surface area (Å²) in [4.78, 5) is 0. The largest absolute Gasteiger partial charge is 0.389 e. The van der Waals surface area contributed by atoms with Gasteiger partial charge in [-0.15, -0.1) is 0 Å².